The molecule has 2 aliphatic rings. The summed E-state index contributed by atoms with van der Waals surface area (Å²) in [4.78, 5) is 91.0. The number of nitrogens with zero attached hydrogens (tertiary/aromatic N) is 1. The van der Waals surface area contributed by atoms with Gasteiger partial charge in [-0.1, -0.05) is 25.0 Å². The van der Waals surface area contributed by atoms with Crippen LogP contribution in [-0.4, -0.2) is 70.5 Å². The van der Waals surface area contributed by atoms with Crippen molar-refractivity contribution in [3.8, 4) is 0 Å². The van der Waals surface area contributed by atoms with Crippen LogP contribution in [0.25, 0.3) is 10.9 Å². The van der Waals surface area contributed by atoms with Gasteiger partial charge in [0.25, 0.3) is 11.8 Å². The molecule has 1 aromatic heterocycles. The van der Waals surface area contributed by atoms with E-state index in [-0.39, 0.29) is 24.0 Å². The third kappa shape index (κ3) is 8.94. The Kier molecular flexibility index (Phi) is 11.2. The molecule has 1 atom stereocenters. The molecular formula is C38H38N8O7. The van der Waals surface area contributed by atoms with Gasteiger partial charge in [0.1, 0.15) is 6.04 Å². The lowest BCUT2D eigenvalue weighted by molar-refractivity contribution is -0.136. The van der Waals surface area contributed by atoms with E-state index in [0.29, 0.717) is 35.8 Å². The van der Waals surface area contributed by atoms with Gasteiger partial charge in [0.05, 0.1) is 11.1 Å². The number of carbonyl (C=O) groups excluding carboxylic acids is 7. The summed E-state index contributed by atoms with van der Waals surface area (Å²) < 4.78 is 0. The number of piperidine rings is 1. The van der Waals surface area contributed by atoms with Gasteiger partial charge in [0, 0.05) is 66.1 Å². The van der Waals surface area contributed by atoms with Gasteiger partial charge in [0.2, 0.25) is 23.6 Å². The molecule has 7 N–H and O–H groups in total. The predicted octanol–water partition coefficient (Wildman–Crippen LogP) is 4.50. The molecule has 1 unspecified atom stereocenters. The molecule has 15 nitrogen and oxygen atoms in total. The van der Waals surface area contributed by atoms with Crippen LogP contribution in [0.2, 0.25) is 0 Å². The lowest BCUT2D eigenvalue weighted by Gasteiger charge is -2.27. The van der Waals surface area contributed by atoms with Crippen LogP contribution in [0.3, 0.4) is 0 Å². The summed E-state index contributed by atoms with van der Waals surface area (Å²) >= 11 is 0. The minimum Gasteiger partial charge on any atom is -0.384 e. The van der Waals surface area contributed by atoms with E-state index in [0.717, 1.165) is 53.6 Å². The minimum atomic E-state index is -1.02. The Morgan fingerprint density at radius 3 is 2.23 bits per heavy atom. The van der Waals surface area contributed by atoms with E-state index in [1.807, 2.05) is 30.5 Å². The van der Waals surface area contributed by atoms with E-state index in [1.54, 1.807) is 42.5 Å². The summed E-state index contributed by atoms with van der Waals surface area (Å²) in [5, 5.41) is 17.4. The predicted molar refractivity (Wildman–Crippen MR) is 198 cm³/mol. The number of carbonyl (C=O) groups is 7. The second kappa shape index (κ2) is 16.5. The van der Waals surface area contributed by atoms with Gasteiger partial charge in [-0.2, -0.15) is 0 Å². The van der Waals surface area contributed by atoms with Gasteiger partial charge in [0.15, 0.2) is 0 Å². The number of aromatic nitrogens is 1. The van der Waals surface area contributed by atoms with Crippen LogP contribution in [0.5, 0.6) is 0 Å². The summed E-state index contributed by atoms with van der Waals surface area (Å²) in [5.74, 6) is -3.06. The van der Waals surface area contributed by atoms with Crippen molar-refractivity contribution in [3.05, 3.63) is 96.2 Å². The highest BCUT2D eigenvalue weighted by molar-refractivity contribution is 6.25. The largest absolute Gasteiger partial charge is 0.384 e. The molecule has 272 valence electrons. The lowest BCUT2D eigenvalue weighted by Crippen LogP contribution is -2.54. The first-order chi connectivity index (χ1) is 25.7. The highest BCUT2D eigenvalue weighted by atomic mass is 16.2. The SMILES string of the molecule is O=C(/C=C/C(=O)Nc1ccc(NC(=O)Nc2ccc3cc[nH]c3c2)cc1)NCCCCCCNc1cccc2c1C(=O)N(C1CCC(=O)NC1=O)C2=O. The van der Waals surface area contributed by atoms with Crippen molar-refractivity contribution in [2.24, 2.45) is 0 Å². The van der Waals surface area contributed by atoms with Crippen LogP contribution in [0.1, 0.15) is 59.2 Å². The fourth-order valence-corrected chi connectivity index (χ4v) is 6.15. The average Bonchev–Trinajstić information content (AvgIpc) is 3.71. The third-order valence-corrected chi connectivity index (χ3v) is 8.80. The molecule has 8 amide bonds. The number of hydrogen-bond donors (Lipinski definition) is 7. The number of H-pyrrole nitrogens is 1. The number of anilines is 4. The Labute approximate surface area is 303 Å². The average molecular weight is 719 g/mol. The van der Waals surface area contributed by atoms with Crippen molar-refractivity contribution >= 4 is 75.1 Å². The maximum Gasteiger partial charge on any atom is 0.323 e. The number of aromatic amines is 1. The van der Waals surface area contributed by atoms with Gasteiger partial charge in [-0.05, 0) is 79.2 Å². The van der Waals surface area contributed by atoms with Crippen LogP contribution in [0, 0.1) is 0 Å². The molecule has 0 bridgehead atoms. The van der Waals surface area contributed by atoms with Crippen molar-refractivity contribution in [1.29, 1.82) is 0 Å². The Balaban J connectivity index is 0.843. The first-order valence-electron chi connectivity index (χ1n) is 17.3. The number of hydrogen-bond acceptors (Lipinski definition) is 8. The number of nitrogens with one attached hydrogen (secondary N) is 7. The monoisotopic (exact) mass is 718 g/mol. The second-order valence-electron chi connectivity index (χ2n) is 12.6. The van der Waals surface area contributed by atoms with Crippen molar-refractivity contribution in [2.75, 3.05) is 34.4 Å². The smallest absolute Gasteiger partial charge is 0.323 e. The van der Waals surface area contributed by atoms with Crippen LogP contribution in [-0.2, 0) is 19.2 Å². The zero-order valence-corrected chi connectivity index (χ0v) is 28.6. The van der Waals surface area contributed by atoms with E-state index < -0.39 is 47.5 Å². The van der Waals surface area contributed by atoms with Gasteiger partial charge >= 0.3 is 6.03 Å². The first-order valence-corrected chi connectivity index (χ1v) is 17.3. The van der Waals surface area contributed by atoms with Crippen LogP contribution < -0.4 is 31.9 Å². The number of benzene rings is 3. The highest BCUT2D eigenvalue weighted by Gasteiger charge is 2.45. The molecule has 6 rings (SSSR count). The molecule has 15 heteroatoms. The normalized spacial score (nSPS) is 15.3. The Morgan fingerprint density at radius 2 is 1.45 bits per heavy atom. The molecule has 0 spiro atoms. The quantitative estimate of drug-likeness (QED) is 0.0560. The van der Waals surface area contributed by atoms with Gasteiger partial charge in [-0.25, -0.2) is 4.79 Å². The molecule has 3 aromatic carbocycles. The van der Waals surface area contributed by atoms with E-state index in [2.05, 4.69) is 36.9 Å². The number of amides is 8. The third-order valence-electron chi connectivity index (χ3n) is 8.80. The van der Waals surface area contributed by atoms with Gasteiger partial charge < -0.3 is 31.6 Å². The zero-order chi connectivity index (χ0) is 37.3. The summed E-state index contributed by atoms with van der Waals surface area (Å²) in [6.07, 6.45) is 7.45. The van der Waals surface area contributed by atoms with Crippen molar-refractivity contribution in [3.63, 3.8) is 0 Å². The van der Waals surface area contributed by atoms with E-state index in [1.165, 1.54) is 0 Å². The van der Waals surface area contributed by atoms with Crippen molar-refractivity contribution in [2.45, 2.75) is 44.6 Å². The molecule has 0 aliphatic carbocycles. The lowest BCUT2D eigenvalue weighted by atomic mass is 10.0. The van der Waals surface area contributed by atoms with E-state index >= 15 is 0 Å². The summed E-state index contributed by atoms with van der Waals surface area (Å²) in [7, 11) is 0. The molecule has 0 radical (unpaired) electrons. The molecule has 4 aromatic rings. The van der Waals surface area contributed by atoms with Crippen LogP contribution in [0.4, 0.5) is 27.5 Å². The second-order valence-corrected chi connectivity index (χ2v) is 12.6. The fraction of sp³-hybridized carbons (Fsp3) is 0.237. The van der Waals surface area contributed by atoms with Crippen LogP contribution in [0.15, 0.2) is 85.1 Å². The standard InChI is InChI=1S/C38H38N8O7/c47-31(16-17-32(48)42-24-10-12-25(13-11-24)43-38(53)44-26-9-8-23-18-21-40-29(23)22-26)41-20-4-2-1-3-19-39-28-7-5-6-27-34(28)37(52)46(36(27)51)30-14-15-33(49)45-35(30)50/h5-13,16-18,21-22,30,39-40H,1-4,14-15,19-20H2,(H,41,47)(H,42,48)(H2,43,44,53)(H,45,49,50)/b17-16+. The Morgan fingerprint density at radius 1 is 0.755 bits per heavy atom. The van der Waals surface area contributed by atoms with Gasteiger partial charge in [-0.3, -0.25) is 39.0 Å². The van der Waals surface area contributed by atoms with Gasteiger partial charge in [-0.15, -0.1) is 0 Å². The zero-order valence-electron chi connectivity index (χ0n) is 28.6. The van der Waals surface area contributed by atoms with Crippen molar-refractivity contribution in [1.82, 2.24) is 20.5 Å². The molecular weight excluding hydrogens is 680 g/mol. The van der Waals surface area contributed by atoms with Crippen molar-refractivity contribution < 1.29 is 33.6 Å². The Bertz CT molecular complexity index is 2110. The number of rotatable bonds is 14. The molecule has 1 fully saturated rings. The fourth-order valence-electron chi connectivity index (χ4n) is 6.15. The maximum atomic E-state index is 13.2. The minimum absolute atomic E-state index is 0.0561. The maximum absolute atomic E-state index is 13.2. The number of unbranched alkanes of at least 4 members (excludes halogenated alkanes) is 3. The van der Waals surface area contributed by atoms with Crippen LogP contribution >= 0.6 is 0 Å². The molecule has 0 saturated carbocycles. The summed E-state index contributed by atoms with van der Waals surface area (Å²) in [5.41, 5.74) is 3.52. The molecule has 1 saturated heterocycles. The Hall–Kier alpha value is -6.77. The highest BCUT2D eigenvalue weighted by Crippen LogP contribution is 2.32. The number of urea groups is 1. The summed E-state index contributed by atoms with van der Waals surface area (Å²) in [6.45, 7) is 0.973. The molecule has 3 heterocycles. The van der Waals surface area contributed by atoms with E-state index in [9.17, 15) is 33.6 Å². The number of imide groups is 2. The van der Waals surface area contributed by atoms with E-state index in [4.69, 9.17) is 0 Å². The number of fused-ring (bicyclic) bond motifs is 2. The summed E-state index contributed by atoms with van der Waals surface area (Å²) in [6, 6.07) is 17.5. The topological polar surface area (TPSA) is 211 Å². The molecule has 2 aliphatic heterocycles. The first kappa shape index (κ1) is 36.0. The molecule has 53 heavy (non-hydrogen) atoms.